The molecule has 3 N–H and O–H groups in total. The SMILES string of the molecule is CC[C@H](C)[C@@H](CN(CC(=O)N[C@@H](CCSC)C(=O)O)Cc1cccc2ccccc12)NC(=O)CSc1ccncc1. The van der Waals surface area contributed by atoms with E-state index in [1.165, 1.54) is 11.8 Å². The molecule has 220 valence electrons. The van der Waals surface area contributed by atoms with Crippen LogP contribution in [0.15, 0.2) is 71.9 Å². The molecule has 0 spiro atoms. The van der Waals surface area contributed by atoms with Gasteiger partial charge in [0.25, 0.3) is 0 Å². The summed E-state index contributed by atoms with van der Waals surface area (Å²) in [6.45, 7) is 5.12. The average molecular weight is 597 g/mol. The molecule has 0 saturated heterocycles. The van der Waals surface area contributed by atoms with Gasteiger partial charge < -0.3 is 15.7 Å². The van der Waals surface area contributed by atoms with E-state index in [2.05, 4.69) is 47.7 Å². The summed E-state index contributed by atoms with van der Waals surface area (Å²) in [4.78, 5) is 44.9. The Balaban J connectivity index is 1.79. The summed E-state index contributed by atoms with van der Waals surface area (Å²) < 4.78 is 0. The number of hydrogen-bond donors (Lipinski definition) is 3. The lowest BCUT2D eigenvalue weighted by atomic mass is 9.97. The molecule has 0 bridgehead atoms. The Hall–Kier alpha value is -3.08. The van der Waals surface area contributed by atoms with Crippen molar-refractivity contribution in [1.82, 2.24) is 20.5 Å². The molecule has 2 aromatic carbocycles. The zero-order valence-electron chi connectivity index (χ0n) is 23.9. The predicted molar refractivity (Wildman–Crippen MR) is 168 cm³/mol. The first-order valence-electron chi connectivity index (χ1n) is 13.8. The predicted octanol–water partition coefficient (Wildman–Crippen LogP) is 4.68. The maximum atomic E-state index is 13.2. The minimum absolute atomic E-state index is 0.0147. The van der Waals surface area contributed by atoms with E-state index in [1.807, 2.05) is 47.6 Å². The summed E-state index contributed by atoms with van der Waals surface area (Å²) in [5, 5.41) is 17.8. The number of amides is 2. The fraction of sp³-hybridized carbons (Fsp3) is 0.419. The second kappa shape index (κ2) is 17.0. The van der Waals surface area contributed by atoms with Crippen molar-refractivity contribution in [2.24, 2.45) is 5.92 Å². The van der Waals surface area contributed by atoms with Crippen LogP contribution in [-0.2, 0) is 20.9 Å². The van der Waals surface area contributed by atoms with Crippen molar-refractivity contribution in [1.29, 1.82) is 0 Å². The second-order valence-electron chi connectivity index (χ2n) is 10.1. The van der Waals surface area contributed by atoms with Gasteiger partial charge in [0.05, 0.1) is 12.3 Å². The number of aromatic nitrogens is 1. The molecule has 0 aliphatic rings. The average Bonchev–Trinajstić information content (AvgIpc) is 2.98. The van der Waals surface area contributed by atoms with Crippen LogP contribution in [0.1, 0.15) is 32.3 Å². The number of hydrogen-bond acceptors (Lipinski definition) is 7. The molecule has 3 aromatic rings. The Morgan fingerprint density at radius 1 is 1.00 bits per heavy atom. The molecule has 0 radical (unpaired) electrons. The van der Waals surface area contributed by atoms with Crippen molar-refractivity contribution < 1.29 is 19.5 Å². The smallest absolute Gasteiger partial charge is 0.326 e. The van der Waals surface area contributed by atoms with Crippen LogP contribution in [0.5, 0.6) is 0 Å². The van der Waals surface area contributed by atoms with Gasteiger partial charge in [-0.3, -0.25) is 19.5 Å². The third kappa shape index (κ3) is 10.7. The lowest BCUT2D eigenvalue weighted by Crippen LogP contribution is -2.51. The first-order valence-corrected chi connectivity index (χ1v) is 16.2. The summed E-state index contributed by atoms with van der Waals surface area (Å²) in [5.41, 5.74) is 1.07. The van der Waals surface area contributed by atoms with Crippen molar-refractivity contribution in [2.45, 2.75) is 50.2 Å². The number of thioether (sulfide) groups is 2. The van der Waals surface area contributed by atoms with Gasteiger partial charge in [0, 0.05) is 36.4 Å². The van der Waals surface area contributed by atoms with Gasteiger partial charge in [0.2, 0.25) is 11.8 Å². The largest absolute Gasteiger partial charge is 0.480 e. The van der Waals surface area contributed by atoms with Gasteiger partial charge in [-0.05, 0) is 52.8 Å². The molecule has 1 aromatic heterocycles. The fourth-order valence-electron chi connectivity index (χ4n) is 4.55. The van der Waals surface area contributed by atoms with Crippen molar-refractivity contribution >= 4 is 52.1 Å². The maximum Gasteiger partial charge on any atom is 0.326 e. The third-order valence-electron chi connectivity index (χ3n) is 7.04. The molecule has 41 heavy (non-hydrogen) atoms. The molecule has 8 nitrogen and oxygen atoms in total. The lowest BCUT2D eigenvalue weighted by molar-refractivity contribution is -0.142. The van der Waals surface area contributed by atoms with Crippen LogP contribution in [-0.4, -0.2) is 75.7 Å². The number of pyridine rings is 1. The van der Waals surface area contributed by atoms with E-state index < -0.39 is 12.0 Å². The fourth-order valence-corrected chi connectivity index (χ4v) is 5.72. The topological polar surface area (TPSA) is 112 Å². The highest BCUT2D eigenvalue weighted by Crippen LogP contribution is 2.21. The number of rotatable bonds is 17. The molecule has 0 aliphatic heterocycles. The van der Waals surface area contributed by atoms with Crippen molar-refractivity contribution in [2.75, 3.05) is 30.9 Å². The number of nitrogens with one attached hydrogen (secondary N) is 2. The number of benzene rings is 2. The molecule has 10 heteroatoms. The molecule has 3 atom stereocenters. The van der Waals surface area contributed by atoms with Gasteiger partial charge >= 0.3 is 5.97 Å². The Bertz CT molecular complexity index is 1270. The number of nitrogens with zero attached hydrogens (tertiary/aromatic N) is 2. The zero-order chi connectivity index (χ0) is 29.6. The molecular weight excluding hydrogens is 556 g/mol. The van der Waals surface area contributed by atoms with Crippen LogP contribution in [0.3, 0.4) is 0 Å². The second-order valence-corrected chi connectivity index (χ2v) is 12.1. The number of carbonyl (C=O) groups is 3. The van der Waals surface area contributed by atoms with Crippen molar-refractivity contribution in [3.05, 3.63) is 72.6 Å². The van der Waals surface area contributed by atoms with Gasteiger partial charge in [-0.25, -0.2) is 4.79 Å². The maximum absolute atomic E-state index is 13.2. The highest BCUT2D eigenvalue weighted by atomic mass is 32.2. The monoisotopic (exact) mass is 596 g/mol. The summed E-state index contributed by atoms with van der Waals surface area (Å²) in [6, 6.07) is 16.8. The standard InChI is InChI=1S/C31H40N4O4S2/c1-4-22(2)28(34-30(37)21-41-25-12-15-32-16-13-25)19-35(20-29(36)33-27(31(38)39)14-17-40-3)18-24-10-7-9-23-8-5-6-11-26(23)24/h5-13,15-16,22,27-28H,4,14,17-21H2,1-3H3,(H,33,36)(H,34,37)(H,38,39)/t22-,27-,28+/m0/s1. The Morgan fingerprint density at radius 2 is 1.73 bits per heavy atom. The number of fused-ring (bicyclic) bond motifs is 1. The molecule has 0 unspecified atom stereocenters. The highest BCUT2D eigenvalue weighted by molar-refractivity contribution is 8.00. The minimum Gasteiger partial charge on any atom is -0.480 e. The van der Waals surface area contributed by atoms with E-state index in [4.69, 9.17) is 0 Å². The molecular formula is C31H40N4O4S2. The lowest BCUT2D eigenvalue weighted by Gasteiger charge is -2.31. The van der Waals surface area contributed by atoms with Gasteiger partial charge in [-0.15, -0.1) is 11.8 Å². The molecule has 3 rings (SSSR count). The normalized spacial score (nSPS) is 13.5. The van der Waals surface area contributed by atoms with Crippen LogP contribution < -0.4 is 10.6 Å². The van der Waals surface area contributed by atoms with Gasteiger partial charge in [-0.1, -0.05) is 62.7 Å². The van der Waals surface area contributed by atoms with E-state index in [0.717, 1.165) is 27.7 Å². The van der Waals surface area contributed by atoms with Crippen LogP contribution in [0.25, 0.3) is 10.8 Å². The van der Waals surface area contributed by atoms with Crippen LogP contribution in [0, 0.1) is 5.92 Å². The van der Waals surface area contributed by atoms with E-state index >= 15 is 0 Å². The summed E-state index contributed by atoms with van der Waals surface area (Å²) in [6.07, 6.45) is 6.52. The van der Waals surface area contributed by atoms with E-state index in [-0.39, 0.29) is 36.1 Å². The van der Waals surface area contributed by atoms with E-state index in [9.17, 15) is 19.5 Å². The molecule has 0 aliphatic carbocycles. The zero-order valence-corrected chi connectivity index (χ0v) is 25.5. The Labute approximate surface area is 251 Å². The molecule has 1 heterocycles. The van der Waals surface area contributed by atoms with Crippen molar-refractivity contribution in [3.63, 3.8) is 0 Å². The Kier molecular flexibility index (Phi) is 13.5. The van der Waals surface area contributed by atoms with Crippen LogP contribution in [0.2, 0.25) is 0 Å². The first-order chi connectivity index (χ1) is 19.8. The number of carboxylic acids is 1. The number of carbonyl (C=O) groups excluding carboxylic acids is 2. The highest BCUT2D eigenvalue weighted by Gasteiger charge is 2.25. The quantitative estimate of drug-likeness (QED) is 0.193. The number of carboxylic acid groups (broad SMARTS) is 1. The van der Waals surface area contributed by atoms with E-state index in [1.54, 1.807) is 24.2 Å². The summed E-state index contributed by atoms with van der Waals surface area (Å²) >= 11 is 3.00. The summed E-state index contributed by atoms with van der Waals surface area (Å²) in [7, 11) is 0. The van der Waals surface area contributed by atoms with Gasteiger partial charge in [0.1, 0.15) is 6.04 Å². The van der Waals surface area contributed by atoms with Crippen LogP contribution >= 0.6 is 23.5 Å². The Morgan fingerprint density at radius 3 is 2.44 bits per heavy atom. The molecule has 0 saturated carbocycles. The minimum atomic E-state index is -1.04. The van der Waals surface area contributed by atoms with E-state index in [0.29, 0.717) is 25.3 Å². The van der Waals surface area contributed by atoms with Crippen molar-refractivity contribution in [3.8, 4) is 0 Å². The molecule has 2 amide bonds. The van der Waals surface area contributed by atoms with Crippen LogP contribution in [0.4, 0.5) is 0 Å². The third-order valence-corrected chi connectivity index (χ3v) is 8.69. The van der Waals surface area contributed by atoms with Gasteiger partial charge in [-0.2, -0.15) is 11.8 Å². The number of aliphatic carboxylic acids is 1. The summed E-state index contributed by atoms with van der Waals surface area (Å²) in [5.74, 6) is -0.385. The molecule has 0 fully saturated rings. The first kappa shape index (κ1) is 32.4. The van der Waals surface area contributed by atoms with Gasteiger partial charge in [0.15, 0.2) is 0 Å².